The lowest BCUT2D eigenvalue weighted by Crippen LogP contribution is -2.47. The minimum Gasteiger partial charge on any atom is -0.756 e. The molecule has 0 rings (SSSR count). The molecule has 0 aromatic carbocycles. The van der Waals surface area contributed by atoms with Crippen LogP contribution >= 0.6 is 7.82 Å². The number of unbranched alkanes of at least 4 members (excludes halogenated alkanes) is 24. The van der Waals surface area contributed by atoms with Crippen LogP contribution in [0.25, 0.3) is 0 Å². The van der Waals surface area contributed by atoms with Crippen molar-refractivity contribution >= 4 is 19.7 Å². The van der Waals surface area contributed by atoms with Gasteiger partial charge in [-0.3, -0.25) is 14.2 Å². The van der Waals surface area contributed by atoms with Gasteiger partial charge in [0, 0.05) is 12.8 Å². The van der Waals surface area contributed by atoms with Crippen molar-refractivity contribution in [1.29, 1.82) is 0 Å². The Labute approximate surface area is 474 Å². The highest BCUT2D eigenvalue weighted by atomic mass is 31.2. The van der Waals surface area contributed by atoms with Gasteiger partial charge in [-0.05, 0) is 109 Å². The van der Waals surface area contributed by atoms with E-state index in [4.69, 9.17) is 13.8 Å². The van der Waals surface area contributed by atoms with Crippen LogP contribution < -0.4 is 10.2 Å². The predicted molar refractivity (Wildman–Crippen MR) is 330 cm³/mol. The molecule has 3 atom stereocenters. The summed E-state index contributed by atoms with van der Waals surface area (Å²) < 4.78 is 30.3. The summed E-state index contributed by atoms with van der Waals surface area (Å²) in [4.78, 5) is 40.0. The molecule has 10 heteroatoms. The zero-order valence-electron chi connectivity index (χ0n) is 50.4. The first kappa shape index (κ1) is 73.7. The third-order valence-electron chi connectivity index (χ3n) is 13.2. The van der Waals surface area contributed by atoms with Crippen molar-refractivity contribution in [2.24, 2.45) is 0 Å². The van der Waals surface area contributed by atoms with Crippen molar-refractivity contribution in [3.63, 3.8) is 0 Å². The standard InChI is InChI=1S/C67H117N2O7P/c1-7-10-13-16-19-22-25-28-30-31-32-33-34-35-36-37-39-42-45-48-51-54-57-60-67(71)76-65(58-55-52-49-46-43-40-27-24-21-18-15-12-9-3)64(63-75-77(72,73)74-62-61-69(4,5)6)68-66(70)59-56-53-50-47-44-41-38-29-26-23-20-17-14-11-8-2/h10,13,19-20,22-23,26,28-30,32-33,35-36,39,42,55,58,64-65H,7-9,11-12,14-18,21,24-25,27,31,34,37-38,40-41,43-54,56-57,59-63H2,1-6H3,(H-,68,70,72,73)/b13-10-,22-19-,23-20+,29-26+,30-28-,33-32-,36-35-,42-39-,58-55-. The minimum absolute atomic E-state index is 0.0345. The van der Waals surface area contributed by atoms with Crippen LogP contribution in [-0.2, 0) is 27.9 Å². The van der Waals surface area contributed by atoms with Crippen LogP contribution in [0.1, 0.15) is 252 Å². The molecule has 0 heterocycles. The fourth-order valence-electron chi connectivity index (χ4n) is 8.40. The first-order valence-corrected chi connectivity index (χ1v) is 32.7. The van der Waals surface area contributed by atoms with Crippen LogP contribution in [0.15, 0.2) is 109 Å². The molecule has 0 saturated heterocycles. The number of allylic oxidation sites excluding steroid dienone is 17. The zero-order valence-corrected chi connectivity index (χ0v) is 51.3. The summed E-state index contributed by atoms with van der Waals surface area (Å²) in [5, 5.41) is 3.01. The molecule has 1 N–H and O–H groups in total. The number of carbonyl (C=O) groups excluding carboxylic acids is 2. The number of esters is 1. The van der Waals surface area contributed by atoms with Gasteiger partial charge < -0.3 is 28.5 Å². The molecule has 77 heavy (non-hydrogen) atoms. The number of hydrogen-bond acceptors (Lipinski definition) is 7. The molecule has 0 aromatic rings. The fourth-order valence-corrected chi connectivity index (χ4v) is 9.12. The monoisotopic (exact) mass is 1090 g/mol. The van der Waals surface area contributed by atoms with Gasteiger partial charge >= 0.3 is 5.97 Å². The van der Waals surface area contributed by atoms with Gasteiger partial charge in [0.15, 0.2) is 0 Å². The van der Waals surface area contributed by atoms with E-state index in [1.54, 1.807) is 0 Å². The van der Waals surface area contributed by atoms with Crippen molar-refractivity contribution in [2.45, 2.75) is 264 Å². The molecule has 9 nitrogen and oxygen atoms in total. The lowest BCUT2D eigenvalue weighted by molar-refractivity contribution is -0.870. The van der Waals surface area contributed by atoms with E-state index >= 15 is 0 Å². The van der Waals surface area contributed by atoms with Gasteiger partial charge in [0.2, 0.25) is 5.91 Å². The van der Waals surface area contributed by atoms with Gasteiger partial charge in [0.05, 0.1) is 33.8 Å². The quantitative estimate of drug-likeness (QED) is 0.0161. The average molecular weight is 1090 g/mol. The van der Waals surface area contributed by atoms with Crippen molar-refractivity contribution in [1.82, 2.24) is 5.32 Å². The molecule has 0 aliphatic carbocycles. The Morgan fingerprint density at radius 1 is 0.481 bits per heavy atom. The second-order valence-corrected chi connectivity index (χ2v) is 23.3. The topological polar surface area (TPSA) is 114 Å². The smallest absolute Gasteiger partial charge is 0.306 e. The first-order valence-electron chi connectivity index (χ1n) is 31.2. The van der Waals surface area contributed by atoms with E-state index in [1.165, 1.54) is 77.0 Å². The van der Waals surface area contributed by atoms with Gasteiger partial charge in [-0.15, -0.1) is 0 Å². The summed E-state index contributed by atoms with van der Waals surface area (Å²) in [6.07, 6.45) is 76.2. The molecule has 0 aromatic heterocycles. The number of nitrogens with zero attached hydrogens (tertiary/aromatic N) is 1. The highest BCUT2D eigenvalue weighted by Gasteiger charge is 2.27. The fraction of sp³-hybridized carbons (Fsp3) is 0.701. The SMILES string of the molecule is CC/C=C\C/C=C\C/C=C\C/C=C\C/C=C\C/C=C\CCCCCCC(=O)OC(/C=C\CCCCCCCCCCCCC)C(COP(=O)([O-])OCC[N+](C)(C)C)NC(=O)CCCCCCCC/C=C/C=C/CCCCC. The van der Waals surface area contributed by atoms with Gasteiger partial charge in [0.25, 0.3) is 7.82 Å². The molecule has 0 saturated carbocycles. The molecule has 442 valence electrons. The average Bonchev–Trinajstić information content (AvgIpc) is 3.39. The van der Waals surface area contributed by atoms with Gasteiger partial charge in [-0.2, -0.15) is 0 Å². The molecule has 0 radical (unpaired) electrons. The number of phosphoric ester groups is 1. The molecule has 3 unspecified atom stereocenters. The Balaban J connectivity index is 5.34. The summed E-state index contributed by atoms with van der Waals surface area (Å²) in [6, 6.07) is -0.912. The number of hydrogen-bond donors (Lipinski definition) is 1. The number of rotatable bonds is 55. The van der Waals surface area contributed by atoms with Crippen molar-refractivity contribution < 1.29 is 37.3 Å². The maximum Gasteiger partial charge on any atom is 0.306 e. The molecule has 0 spiro atoms. The summed E-state index contributed by atoms with van der Waals surface area (Å²) in [7, 11) is 1.15. The van der Waals surface area contributed by atoms with Crippen LogP contribution in [0.2, 0.25) is 0 Å². The summed E-state index contributed by atoms with van der Waals surface area (Å²) in [5.74, 6) is -0.589. The Bertz CT molecular complexity index is 1690. The van der Waals surface area contributed by atoms with Crippen molar-refractivity contribution in [3.05, 3.63) is 109 Å². The summed E-state index contributed by atoms with van der Waals surface area (Å²) in [6.45, 7) is 6.66. The lowest BCUT2D eigenvalue weighted by Gasteiger charge is -2.30. The normalized spacial score (nSPS) is 14.4. The van der Waals surface area contributed by atoms with Crippen LogP contribution in [0.5, 0.6) is 0 Å². The van der Waals surface area contributed by atoms with Gasteiger partial charge in [0.1, 0.15) is 19.3 Å². The Morgan fingerprint density at radius 2 is 0.870 bits per heavy atom. The molecule has 0 bridgehead atoms. The van der Waals surface area contributed by atoms with E-state index in [9.17, 15) is 19.0 Å². The number of quaternary nitrogens is 1. The lowest BCUT2D eigenvalue weighted by atomic mass is 10.0. The van der Waals surface area contributed by atoms with Crippen LogP contribution in [0.3, 0.4) is 0 Å². The van der Waals surface area contributed by atoms with Crippen molar-refractivity contribution in [3.8, 4) is 0 Å². The summed E-state index contributed by atoms with van der Waals surface area (Å²) >= 11 is 0. The zero-order chi connectivity index (χ0) is 56.4. The molecule has 0 aliphatic rings. The predicted octanol–water partition coefficient (Wildman–Crippen LogP) is 18.7. The van der Waals surface area contributed by atoms with Gasteiger partial charge in [-0.1, -0.05) is 240 Å². The van der Waals surface area contributed by atoms with Crippen LogP contribution in [0, 0.1) is 0 Å². The number of carbonyl (C=O) groups is 2. The molecular formula is C67H117N2O7P. The number of amides is 1. The summed E-state index contributed by atoms with van der Waals surface area (Å²) in [5.41, 5.74) is 0. The Morgan fingerprint density at radius 3 is 1.35 bits per heavy atom. The molecule has 0 aliphatic heterocycles. The van der Waals surface area contributed by atoms with E-state index in [0.29, 0.717) is 23.9 Å². The molecule has 0 fully saturated rings. The number of phosphoric acid groups is 1. The van der Waals surface area contributed by atoms with E-state index in [1.807, 2.05) is 33.3 Å². The highest BCUT2D eigenvalue weighted by molar-refractivity contribution is 7.45. The van der Waals surface area contributed by atoms with Crippen LogP contribution in [0.4, 0.5) is 0 Å². The molecule has 1 amide bonds. The van der Waals surface area contributed by atoms with Gasteiger partial charge in [-0.25, -0.2) is 0 Å². The van der Waals surface area contributed by atoms with Crippen LogP contribution in [-0.4, -0.2) is 69.4 Å². The Hall–Kier alpha value is -3.33. The Kier molecular flexibility index (Phi) is 53.5. The first-order chi connectivity index (χ1) is 37.4. The molecular weight excluding hydrogens is 976 g/mol. The largest absolute Gasteiger partial charge is 0.756 e. The maximum atomic E-state index is 13.5. The maximum absolute atomic E-state index is 13.5. The third kappa shape index (κ3) is 57.2. The van der Waals surface area contributed by atoms with E-state index in [0.717, 1.165) is 135 Å². The second kappa shape index (κ2) is 56.0. The van der Waals surface area contributed by atoms with Crippen molar-refractivity contribution in [2.75, 3.05) is 40.9 Å². The van der Waals surface area contributed by atoms with E-state index in [2.05, 4.69) is 123 Å². The minimum atomic E-state index is -4.71. The number of ether oxygens (including phenoxy) is 1. The number of likely N-dealkylation sites (N-methyl/N-ethyl adjacent to an activating group) is 1. The van der Waals surface area contributed by atoms with E-state index < -0.39 is 26.6 Å². The highest BCUT2D eigenvalue weighted by Crippen LogP contribution is 2.38. The number of nitrogens with one attached hydrogen (secondary N) is 1. The second-order valence-electron chi connectivity index (χ2n) is 21.9. The third-order valence-corrected chi connectivity index (χ3v) is 14.2. The van der Waals surface area contributed by atoms with E-state index in [-0.39, 0.29) is 24.9 Å².